The Morgan fingerprint density at radius 3 is 2.48 bits per heavy atom. The number of hydrogen-bond donors (Lipinski definition) is 2. The summed E-state index contributed by atoms with van der Waals surface area (Å²) in [6.07, 6.45) is 1.98. The number of amides is 3. The smallest absolute Gasteiger partial charge is 0.319 e. The van der Waals surface area contributed by atoms with Crippen LogP contribution in [0, 0.1) is 0 Å². The predicted molar refractivity (Wildman–Crippen MR) is 118 cm³/mol. The van der Waals surface area contributed by atoms with Gasteiger partial charge in [-0.05, 0) is 55.7 Å². The van der Waals surface area contributed by atoms with Crippen molar-refractivity contribution < 1.29 is 9.59 Å². The molecule has 3 rings (SSSR count). The van der Waals surface area contributed by atoms with Gasteiger partial charge in [0.1, 0.15) is 0 Å². The largest absolute Gasteiger partial charge is 0.377 e. The number of carbonyl (C=O) groups is 2. The first-order valence-corrected chi connectivity index (χ1v) is 10.2. The highest BCUT2D eigenvalue weighted by Gasteiger charge is 2.34. The van der Waals surface area contributed by atoms with Gasteiger partial charge in [0, 0.05) is 44.6 Å². The number of hydrogen-bond acceptors (Lipinski definition) is 3. The summed E-state index contributed by atoms with van der Waals surface area (Å²) in [7, 11) is 3.93. The van der Waals surface area contributed by atoms with Crippen molar-refractivity contribution in [3.05, 3.63) is 58.6 Å². The van der Waals surface area contributed by atoms with Crippen LogP contribution in [0.3, 0.4) is 0 Å². The molecule has 29 heavy (non-hydrogen) atoms. The van der Waals surface area contributed by atoms with Crippen molar-refractivity contribution >= 4 is 34.9 Å². The van der Waals surface area contributed by atoms with E-state index in [-0.39, 0.29) is 18.0 Å². The minimum Gasteiger partial charge on any atom is -0.377 e. The summed E-state index contributed by atoms with van der Waals surface area (Å²) in [4.78, 5) is 29.0. The van der Waals surface area contributed by atoms with Gasteiger partial charge in [-0.3, -0.25) is 4.79 Å². The van der Waals surface area contributed by atoms with Gasteiger partial charge in [0.05, 0.1) is 10.6 Å². The molecule has 0 atom stereocenters. The molecule has 154 valence electrons. The Labute approximate surface area is 176 Å². The molecule has 2 N–H and O–H groups in total. The van der Waals surface area contributed by atoms with E-state index >= 15 is 0 Å². The third-order valence-electron chi connectivity index (χ3n) is 4.85. The standard InChI is InChI=1S/C22H27ClN4O2/c1-4-24-22(29)25-16-9-12-20(26(2)3)15(13-16)14-27(17-10-11-17)21(28)18-7-5-6-8-19(18)23/h5-9,12-13,17H,4,10-11,14H2,1-3H3,(H2,24,25,29). The van der Waals surface area contributed by atoms with Crippen LogP contribution < -0.4 is 15.5 Å². The molecule has 0 unspecified atom stereocenters. The van der Waals surface area contributed by atoms with E-state index in [0.717, 1.165) is 24.1 Å². The van der Waals surface area contributed by atoms with Gasteiger partial charge in [-0.15, -0.1) is 0 Å². The van der Waals surface area contributed by atoms with E-state index in [9.17, 15) is 9.59 Å². The first-order chi connectivity index (χ1) is 13.9. The molecular formula is C22H27ClN4O2. The average Bonchev–Trinajstić information content (AvgIpc) is 3.51. The van der Waals surface area contributed by atoms with Crippen molar-refractivity contribution in [3.63, 3.8) is 0 Å². The molecule has 0 aliphatic heterocycles. The van der Waals surface area contributed by atoms with Crippen LogP contribution in [-0.4, -0.2) is 43.5 Å². The fourth-order valence-corrected chi connectivity index (χ4v) is 3.50. The first-order valence-electron chi connectivity index (χ1n) is 9.81. The number of carbonyl (C=O) groups excluding carboxylic acids is 2. The van der Waals surface area contributed by atoms with Crippen LogP contribution in [0.25, 0.3) is 0 Å². The van der Waals surface area contributed by atoms with Crippen molar-refractivity contribution in [3.8, 4) is 0 Å². The molecule has 1 saturated carbocycles. The van der Waals surface area contributed by atoms with Crippen molar-refractivity contribution in [2.24, 2.45) is 0 Å². The van der Waals surface area contributed by atoms with E-state index in [0.29, 0.717) is 29.4 Å². The summed E-state index contributed by atoms with van der Waals surface area (Å²) < 4.78 is 0. The van der Waals surface area contributed by atoms with Crippen LogP contribution in [0.4, 0.5) is 16.2 Å². The van der Waals surface area contributed by atoms with Crippen LogP contribution in [0.1, 0.15) is 35.7 Å². The fraction of sp³-hybridized carbons (Fsp3) is 0.364. The molecule has 0 radical (unpaired) electrons. The van der Waals surface area contributed by atoms with E-state index in [4.69, 9.17) is 11.6 Å². The number of urea groups is 1. The van der Waals surface area contributed by atoms with Gasteiger partial charge in [-0.1, -0.05) is 23.7 Å². The first kappa shape index (κ1) is 21.0. The molecule has 7 heteroatoms. The molecule has 0 aromatic heterocycles. The molecule has 1 fully saturated rings. The third kappa shape index (κ3) is 5.21. The van der Waals surface area contributed by atoms with E-state index in [1.807, 2.05) is 61.2 Å². The van der Waals surface area contributed by atoms with Crippen molar-refractivity contribution in [2.45, 2.75) is 32.4 Å². The molecule has 0 spiro atoms. The van der Waals surface area contributed by atoms with Crippen molar-refractivity contribution in [1.82, 2.24) is 10.2 Å². The van der Waals surface area contributed by atoms with Crippen molar-refractivity contribution in [2.75, 3.05) is 30.9 Å². The highest BCUT2D eigenvalue weighted by atomic mass is 35.5. The lowest BCUT2D eigenvalue weighted by molar-refractivity contribution is 0.0730. The number of nitrogens with one attached hydrogen (secondary N) is 2. The van der Waals surface area contributed by atoms with Crippen LogP contribution in [0.2, 0.25) is 5.02 Å². The van der Waals surface area contributed by atoms with E-state index < -0.39 is 0 Å². The predicted octanol–water partition coefficient (Wildman–Crippen LogP) is 4.35. The minimum absolute atomic E-state index is 0.0649. The summed E-state index contributed by atoms with van der Waals surface area (Å²) in [6, 6.07) is 12.9. The molecule has 2 aromatic rings. The number of halogens is 1. The van der Waals surface area contributed by atoms with E-state index in [2.05, 4.69) is 10.6 Å². The Hall–Kier alpha value is -2.73. The number of benzene rings is 2. The lowest BCUT2D eigenvalue weighted by Gasteiger charge is -2.26. The van der Waals surface area contributed by atoms with Gasteiger partial charge in [-0.25, -0.2) is 4.79 Å². The maximum atomic E-state index is 13.2. The highest BCUT2D eigenvalue weighted by Crippen LogP contribution is 2.33. The zero-order chi connectivity index (χ0) is 21.0. The van der Waals surface area contributed by atoms with Gasteiger partial charge in [-0.2, -0.15) is 0 Å². The molecule has 0 bridgehead atoms. The summed E-state index contributed by atoms with van der Waals surface area (Å²) in [5.74, 6) is -0.0649. The zero-order valence-electron chi connectivity index (χ0n) is 17.0. The Morgan fingerprint density at radius 2 is 1.86 bits per heavy atom. The second-order valence-electron chi connectivity index (χ2n) is 7.37. The van der Waals surface area contributed by atoms with Gasteiger partial charge >= 0.3 is 6.03 Å². The Balaban J connectivity index is 1.89. The lowest BCUT2D eigenvalue weighted by Crippen LogP contribution is -2.33. The quantitative estimate of drug-likeness (QED) is 0.707. The highest BCUT2D eigenvalue weighted by molar-refractivity contribution is 6.33. The van der Waals surface area contributed by atoms with Crippen LogP contribution in [0.15, 0.2) is 42.5 Å². The van der Waals surface area contributed by atoms with E-state index in [1.165, 1.54) is 0 Å². The molecule has 3 amide bonds. The normalized spacial score (nSPS) is 13.0. The summed E-state index contributed by atoms with van der Waals surface area (Å²) in [6.45, 7) is 2.87. The Kier molecular flexibility index (Phi) is 6.64. The Morgan fingerprint density at radius 1 is 1.14 bits per heavy atom. The number of anilines is 2. The maximum absolute atomic E-state index is 13.2. The number of nitrogens with zero attached hydrogens (tertiary/aromatic N) is 2. The monoisotopic (exact) mass is 414 g/mol. The second kappa shape index (κ2) is 9.18. The van der Waals surface area contributed by atoms with Crippen molar-refractivity contribution in [1.29, 1.82) is 0 Å². The maximum Gasteiger partial charge on any atom is 0.319 e. The van der Waals surface area contributed by atoms with Crippen LogP contribution >= 0.6 is 11.6 Å². The molecular weight excluding hydrogens is 388 g/mol. The van der Waals surface area contributed by atoms with Gasteiger partial charge < -0.3 is 20.4 Å². The topological polar surface area (TPSA) is 64.7 Å². The van der Waals surface area contributed by atoms with Gasteiger partial charge in [0.2, 0.25) is 0 Å². The van der Waals surface area contributed by atoms with Gasteiger partial charge in [0.25, 0.3) is 5.91 Å². The third-order valence-corrected chi connectivity index (χ3v) is 5.18. The van der Waals surface area contributed by atoms with Crippen LogP contribution in [0.5, 0.6) is 0 Å². The minimum atomic E-state index is -0.248. The zero-order valence-corrected chi connectivity index (χ0v) is 17.8. The molecule has 2 aromatic carbocycles. The lowest BCUT2D eigenvalue weighted by atomic mass is 10.1. The molecule has 6 nitrogen and oxygen atoms in total. The summed E-state index contributed by atoms with van der Waals surface area (Å²) in [5.41, 5.74) is 3.18. The average molecular weight is 415 g/mol. The van der Waals surface area contributed by atoms with E-state index in [1.54, 1.807) is 12.1 Å². The molecule has 1 aliphatic carbocycles. The second-order valence-corrected chi connectivity index (χ2v) is 7.77. The molecule has 0 heterocycles. The SMILES string of the molecule is CCNC(=O)Nc1ccc(N(C)C)c(CN(C(=O)c2ccccc2Cl)C2CC2)c1. The summed E-state index contributed by atoms with van der Waals surface area (Å²) in [5, 5.41) is 6.03. The Bertz CT molecular complexity index is 896. The number of rotatable bonds is 7. The van der Waals surface area contributed by atoms with Crippen LogP contribution in [-0.2, 0) is 6.54 Å². The molecule has 1 aliphatic rings. The molecule has 0 saturated heterocycles. The van der Waals surface area contributed by atoms with Gasteiger partial charge in [0.15, 0.2) is 0 Å². The summed E-state index contributed by atoms with van der Waals surface area (Å²) >= 11 is 6.28. The fourth-order valence-electron chi connectivity index (χ4n) is 3.29.